The van der Waals surface area contributed by atoms with E-state index in [9.17, 15) is 13.2 Å². The highest BCUT2D eigenvalue weighted by Gasteiger charge is 2.39. The Morgan fingerprint density at radius 2 is 1.79 bits per heavy atom. The molecule has 8 heteroatoms. The number of piperidine rings is 1. The molecule has 0 radical (unpaired) electrons. The number of carbonyl (C=O) groups is 1. The Labute approximate surface area is 175 Å². The van der Waals surface area contributed by atoms with Crippen LogP contribution in [0.1, 0.15) is 25.7 Å². The maximum Gasteiger partial charge on any atom is 0.243 e. The third-order valence-electron chi connectivity index (χ3n) is 5.99. The fourth-order valence-electron chi connectivity index (χ4n) is 4.14. The van der Waals surface area contributed by atoms with Crippen LogP contribution in [0.15, 0.2) is 35.2 Å². The summed E-state index contributed by atoms with van der Waals surface area (Å²) in [7, 11) is 0.545. The quantitative estimate of drug-likeness (QED) is 0.682. The van der Waals surface area contributed by atoms with Crippen molar-refractivity contribution in [3.8, 4) is 0 Å². The average Bonchev–Trinajstić information content (AvgIpc) is 3.23. The minimum absolute atomic E-state index is 0.156. The summed E-state index contributed by atoms with van der Waals surface area (Å²) < 4.78 is 27.3. The Morgan fingerprint density at radius 3 is 2.45 bits per heavy atom. The highest BCUT2D eigenvalue weighted by molar-refractivity contribution is 7.89. The normalized spacial score (nSPS) is 22.2. The fourth-order valence-corrected chi connectivity index (χ4v) is 5.81. The van der Waals surface area contributed by atoms with E-state index in [0.717, 1.165) is 39.0 Å². The molecule has 7 nitrogen and oxygen atoms in total. The zero-order valence-electron chi connectivity index (χ0n) is 17.6. The SMILES string of the molecule is CN(C)CCN1CCC(CNC(=O)C2CCCN2S(=O)(=O)c2ccccc2)CC1. The molecule has 2 aliphatic rings. The number of nitrogens with zero attached hydrogens (tertiary/aromatic N) is 3. The lowest BCUT2D eigenvalue weighted by Crippen LogP contribution is -2.47. The van der Waals surface area contributed by atoms with Gasteiger partial charge < -0.3 is 15.1 Å². The second-order valence-corrected chi connectivity index (χ2v) is 10.3. The lowest BCUT2D eigenvalue weighted by molar-refractivity contribution is -0.124. The van der Waals surface area contributed by atoms with Crippen molar-refractivity contribution >= 4 is 15.9 Å². The van der Waals surface area contributed by atoms with Crippen molar-refractivity contribution in [2.45, 2.75) is 36.6 Å². The highest BCUT2D eigenvalue weighted by atomic mass is 32.2. The summed E-state index contributed by atoms with van der Waals surface area (Å²) >= 11 is 0. The Bertz CT molecular complexity index is 761. The number of nitrogens with one attached hydrogen (secondary N) is 1. The molecule has 1 atom stereocenters. The summed E-state index contributed by atoms with van der Waals surface area (Å²) in [5.41, 5.74) is 0. The number of sulfonamides is 1. The zero-order chi connectivity index (χ0) is 20.9. The van der Waals surface area contributed by atoms with Crippen LogP contribution in [-0.4, -0.2) is 87.8 Å². The monoisotopic (exact) mass is 422 g/mol. The van der Waals surface area contributed by atoms with Crippen LogP contribution in [0.2, 0.25) is 0 Å². The summed E-state index contributed by atoms with van der Waals surface area (Å²) in [6.45, 7) is 5.31. The van der Waals surface area contributed by atoms with E-state index in [0.29, 0.717) is 31.8 Å². The van der Waals surface area contributed by atoms with Gasteiger partial charge in [0, 0.05) is 26.2 Å². The highest BCUT2D eigenvalue weighted by Crippen LogP contribution is 2.26. The number of benzene rings is 1. The fraction of sp³-hybridized carbons (Fsp3) is 0.667. The van der Waals surface area contributed by atoms with Gasteiger partial charge in [-0.25, -0.2) is 8.42 Å². The maximum absolute atomic E-state index is 12.9. The van der Waals surface area contributed by atoms with E-state index in [4.69, 9.17) is 0 Å². The second-order valence-electron chi connectivity index (χ2n) is 8.42. The number of hydrogen-bond donors (Lipinski definition) is 1. The summed E-state index contributed by atoms with van der Waals surface area (Å²) in [5, 5.41) is 3.04. The van der Waals surface area contributed by atoms with E-state index in [1.807, 2.05) is 0 Å². The summed E-state index contributed by atoms with van der Waals surface area (Å²) in [5.74, 6) is 0.312. The van der Waals surface area contributed by atoms with Crippen LogP contribution in [0.3, 0.4) is 0 Å². The molecule has 29 heavy (non-hydrogen) atoms. The van der Waals surface area contributed by atoms with E-state index >= 15 is 0 Å². The molecular formula is C21H34N4O3S. The van der Waals surface area contributed by atoms with Gasteiger partial charge >= 0.3 is 0 Å². The van der Waals surface area contributed by atoms with Crippen LogP contribution in [0, 0.1) is 5.92 Å². The molecule has 162 valence electrons. The van der Waals surface area contributed by atoms with Gasteiger partial charge in [-0.3, -0.25) is 4.79 Å². The van der Waals surface area contributed by atoms with Crippen LogP contribution >= 0.6 is 0 Å². The van der Waals surface area contributed by atoms with E-state index < -0.39 is 16.1 Å². The summed E-state index contributed by atoms with van der Waals surface area (Å²) in [4.78, 5) is 17.7. The van der Waals surface area contributed by atoms with Crippen molar-refractivity contribution < 1.29 is 13.2 Å². The van der Waals surface area contributed by atoms with Crippen molar-refractivity contribution in [1.82, 2.24) is 19.4 Å². The second kappa shape index (κ2) is 10.0. The minimum atomic E-state index is -3.63. The van der Waals surface area contributed by atoms with Crippen LogP contribution in [0.5, 0.6) is 0 Å². The Balaban J connectivity index is 1.49. The number of likely N-dealkylation sites (N-methyl/N-ethyl adjacent to an activating group) is 1. The van der Waals surface area contributed by atoms with E-state index in [2.05, 4.69) is 29.2 Å². The van der Waals surface area contributed by atoms with E-state index in [-0.39, 0.29) is 10.8 Å². The van der Waals surface area contributed by atoms with Gasteiger partial charge in [0.2, 0.25) is 15.9 Å². The molecule has 1 aromatic rings. The molecule has 1 aromatic carbocycles. The van der Waals surface area contributed by atoms with E-state index in [1.165, 1.54) is 4.31 Å². The Kier molecular flexibility index (Phi) is 7.67. The van der Waals surface area contributed by atoms with Gasteiger partial charge in [0.05, 0.1) is 4.90 Å². The molecule has 3 rings (SSSR count). The predicted octanol–water partition coefficient (Wildman–Crippen LogP) is 1.23. The molecule has 1 amide bonds. The molecule has 0 aliphatic carbocycles. The van der Waals surface area contributed by atoms with Crippen molar-refractivity contribution in [3.05, 3.63) is 30.3 Å². The summed E-state index contributed by atoms with van der Waals surface area (Å²) in [6, 6.07) is 7.80. The number of likely N-dealkylation sites (tertiary alicyclic amines) is 1. The predicted molar refractivity (Wildman–Crippen MR) is 114 cm³/mol. The lowest BCUT2D eigenvalue weighted by Gasteiger charge is -2.33. The van der Waals surface area contributed by atoms with Crippen molar-refractivity contribution in [3.63, 3.8) is 0 Å². The number of rotatable bonds is 8. The van der Waals surface area contributed by atoms with Gasteiger partial charge in [0.15, 0.2) is 0 Å². The van der Waals surface area contributed by atoms with Gasteiger partial charge in [-0.2, -0.15) is 4.31 Å². The molecular weight excluding hydrogens is 388 g/mol. The van der Waals surface area contributed by atoms with Gasteiger partial charge in [0.1, 0.15) is 6.04 Å². The van der Waals surface area contributed by atoms with Crippen LogP contribution in [-0.2, 0) is 14.8 Å². The third-order valence-corrected chi connectivity index (χ3v) is 7.91. The molecule has 0 saturated carbocycles. The van der Waals surface area contributed by atoms with Crippen LogP contribution in [0.4, 0.5) is 0 Å². The number of carbonyl (C=O) groups excluding carboxylic acids is 1. The standard InChI is InChI=1S/C21H34N4O3S/c1-23(2)15-16-24-13-10-18(11-14-24)17-22-21(26)20-9-6-12-25(20)29(27,28)19-7-4-3-5-8-19/h3-5,7-8,18,20H,6,9-17H2,1-2H3,(H,22,26). The number of hydrogen-bond acceptors (Lipinski definition) is 5. The molecule has 0 spiro atoms. The topological polar surface area (TPSA) is 73.0 Å². The molecule has 2 aliphatic heterocycles. The maximum atomic E-state index is 12.9. The lowest BCUT2D eigenvalue weighted by atomic mass is 9.96. The molecule has 2 heterocycles. The molecule has 0 bridgehead atoms. The van der Waals surface area contributed by atoms with Gasteiger partial charge in [-0.15, -0.1) is 0 Å². The van der Waals surface area contributed by atoms with Crippen molar-refractivity contribution in [2.24, 2.45) is 5.92 Å². The number of amides is 1. The largest absolute Gasteiger partial charge is 0.354 e. The average molecular weight is 423 g/mol. The third kappa shape index (κ3) is 5.78. The van der Waals surface area contributed by atoms with Gasteiger partial charge in [-0.1, -0.05) is 18.2 Å². The molecule has 1 unspecified atom stereocenters. The van der Waals surface area contributed by atoms with Gasteiger partial charge in [0.25, 0.3) is 0 Å². The zero-order valence-corrected chi connectivity index (χ0v) is 18.4. The first-order valence-electron chi connectivity index (χ1n) is 10.6. The van der Waals surface area contributed by atoms with Crippen molar-refractivity contribution in [2.75, 3.05) is 53.4 Å². The molecule has 2 fully saturated rings. The van der Waals surface area contributed by atoms with E-state index in [1.54, 1.807) is 30.3 Å². The summed E-state index contributed by atoms with van der Waals surface area (Å²) in [6.07, 6.45) is 3.45. The minimum Gasteiger partial charge on any atom is -0.354 e. The first-order valence-corrected chi connectivity index (χ1v) is 12.0. The molecule has 2 saturated heterocycles. The van der Waals surface area contributed by atoms with Crippen molar-refractivity contribution in [1.29, 1.82) is 0 Å². The van der Waals surface area contributed by atoms with Gasteiger partial charge in [-0.05, 0) is 70.9 Å². The molecule has 0 aromatic heterocycles. The van der Waals surface area contributed by atoms with Crippen LogP contribution in [0.25, 0.3) is 0 Å². The van der Waals surface area contributed by atoms with Crippen LogP contribution < -0.4 is 5.32 Å². The Morgan fingerprint density at radius 1 is 1.10 bits per heavy atom. The Hall–Kier alpha value is -1.48. The first kappa shape index (κ1) is 22.2. The smallest absolute Gasteiger partial charge is 0.243 e. The molecule has 1 N–H and O–H groups in total. The first-order chi connectivity index (χ1) is 13.9.